The number of rotatable bonds is 8. The first-order valence-corrected chi connectivity index (χ1v) is 8.23. The number of hydrogen-bond donors (Lipinski definition) is 2. The van der Waals surface area contributed by atoms with Crippen LogP contribution in [0.2, 0.25) is 0 Å². The van der Waals surface area contributed by atoms with Crippen LogP contribution >= 0.6 is 0 Å². The van der Waals surface area contributed by atoms with Gasteiger partial charge in [0, 0.05) is 5.56 Å². The molecule has 148 valence electrons. The predicted molar refractivity (Wildman–Crippen MR) is 96.0 cm³/mol. The number of benzene rings is 2. The molecule has 2 amide bonds. The van der Waals surface area contributed by atoms with E-state index in [1.54, 1.807) is 30.3 Å². The molecule has 0 radical (unpaired) electrons. The molecule has 0 spiro atoms. The van der Waals surface area contributed by atoms with Crippen LogP contribution in [0, 0.1) is 0 Å². The van der Waals surface area contributed by atoms with Gasteiger partial charge in [-0.1, -0.05) is 30.3 Å². The molecule has 0 saturated carbocycles. The first-order valence-electron chi connectivity index (χ1n) is 8.23. The van der Waals surface area contributed by atoms with E-state index in [9.17, 15) is 23.2 Å². The Hall–Kier alpha value is -3.49. The molecular formula is C19H18F2N2O5. The van der Waals surface area contributed by atoms with Gasteiger partial charge in [0.2, 0.25) is 0 Å². The second-order valence-corrected chi connectivity index (χ2v) is 5.59. The van der Waals surface area contributed by atoms with Crippen LogP contribution in [0.5, 0.6) is 5.75 Å². The number of carbonyl (C=O) groups excluding carboxylic acids is 3. The predicted octanol–water partition coefficient (Wildman–Crippen LogP) is 2.59. The average molecular weight is 392 g/mol. The van der Waals surface area contributed by atoms with E-state index in [1.807, 2.05) is 0 Å². The largest absolute Gasteiger partial charge is 0.454 e. The van der Waals surface area contributed by atoms with Crippen LogP contribution in [0.3, 0.4) is 0 Å². The summed E-state index contributed by atoms with van der Waals surface area (Å²) in [7, 11) is 0. The molecule has 0 heterocycles. The third-order valence-corrected chi connectivity index (χ3v) is 3.46. The Labute approximate surface area is 159 Å². The molecule has 7 nitrogen and oxygen atoms in total. The lowest BCUT2D eigenvalue weighted by Crippen LogP contribution is -2.40. The van der Waals surface area contributed by atoms with Crippen LogP contribution < -0.4 is 15.4 Å². The van der Waals surface area contributed by atoms with E-state index in [4.69, 9.17) is 4.74 Å². The van der Waals surface area contributed by atoms with Gasteiger partial charge in [-0.25, -0.2) is 4.79 Å². The zero-order valence-corrected chi connectivity index (χ0v) is 14.9. The van der Waals surface area contributed by atoms with Crippen molar-refractivity contribution in [2.45, 2.75) is 19.6 Å². The zero-order chi connectivity index (χ0) is 20.5. The first kappa shape index (κ1) is 20.8. The van der Waals surface area contributed by atoms with Crippen molar-refractivity contribution in [1.82, 2.24) is 5.32 Å². The third-order valence-electron chi connectivity index (χ3n) is 3.46. The molecule has 0 aliphatic heterocycles. The molecule has 0 aliphatic rings. The highest BCUT2D eigenvalue weighted by Crippen LogP contribution is 2.25. The number of ether oxygens (including phenoxy) is 2. The van der Waals surface area contributed by atoms with Gasteiger partial charge in [0.05, 0.1) is 5.69 Å². The summed E-state index contributed by atoms with van der Waals surface area (Å²) in [4.78, 5) is 35.8. The second kappa shape index (κ2) is 10.0. The normalized spacial score (nSPS) is 11.4. The van der Waals surface area contributed by atoms with Crippen molar-refractivity contribution in [3.63, 3.8) is 0 Å². The Kier molecular flexibility index (Phi) is 7.44. The van der Waals surface area contributed by atoms with Crippen molar-refractivity contribution in [2.75, 3.05) is 11.9 Å². The fraction of sp³-hybridized carbons (Fsp3) is 0.211. The van der Waals surface area contributed by atoms with E-state index in [-0.39, 0.29) is 11.4 Å². The van der Waals surface area contributed by atoms with Gasteiger partial charge in [0.15, 0.2) is 6.61 Å². The van der Waals surface area contributed by atoms with E-state index in [1.165, 1.54) is 31.2 Å². The van der Waals surface area contributed by atoms with Crippen molar-refractivity contribution >= 4 is 23.5 Å². The van der Waals surface area contributed by atoms with E-state index in [0.29, 0.717) is 5.56 Å². The number of esters is 1. The van der Waals surface area contributed by atoms with E-state index >= 15 is 0 Å². The van der Waals surface area contributed by atoms with Gasteiger partial charge < -0.3 is 20.1 Å². The fourth-order valence-electron chi connectivity index (χ4n) is 2.15. The zero-order valence-electron chi connectivity index (χ0n) is 14.9. The van der Waals surface area contributed by atoms with Crippen molar-refractivity contribution in [1.29, 1.82) is 0 Å². The Morgan fingerprint density at radius 3 is 2.32 bits per heavy atom. The van der Waals surface area contributed by atoms with Gasteiger partial charge in [0.25, 0.3) is 11.8 Å². The van der Waals surface area contributed by atoms with Gasteiger partial charge in [-0.2, -0.15) is 8.78 Å². The summed E-state index contributed by atoms with van der Waals surface area (Å²) in [6, 6.07) is 12.9. The molecule has 0 aliphatic carbocycles. The number of alkyl halides is 2. The van der Waals surface area contributed by atoms with Gasteiger partial charge in [-0.05, 0) is 31.2 Å². The minimum Gasteiger partial charge on any atom is -0.454 e. The summed E-state index contributed by atoms with van der Waals surface area (Å²) >= 11 is 0. The average Bonchev–Trinajstić information content (AvgIpc) is 2.67. The number of carbonyl (C=O) groups is 3. The number of nitrogens with one attached hydrogen (secondary N) is 2. The molecule has 2 aromatic carbocycles. The van der Waals surface area contributed by atoms with E-state index in [2.05, 4.69) is 15.4 Å². The van der Waals surface area contributed by atoms with Crippen LogP contribution in [0.4, 0.5) is 14.5 Å². The molecule has 2 rings (SSSR count). The second-order valence-electron chi connectivity index (χ2n) is 5.59. The topological polar surface area (TPSA) is 93.7 Å². The molecule has 9 heteroatoms. The minimum absolute atomic E-state index is 0.00859. The maximum absolute atomic E-state index is 12.4. The van der Waals surface area contributed by atoms with Crippen LogP contribution in [-0.2, 0) is 14.3 Å². The van der Waals surface area contributed by atoms with Crippen LogP contribution in [0.1, 0.15) is 17.3 Å². The summed E-state index contributed by atoms with van der Waals surface area (Å²) in [6.45, 7) is -2.30. The number of hydrogen-bond acceptors (Lipinski definition) is 5. The van der Waals surface area contributed by atoms with Crippen molar-refractivity contribution < 1.29 is 32.6 Å². The highest BCUT2D eigenvalue weighted by atomic mass is 19.3. The summed E-state index contributed by atoms with van der Waals surface area (Å²) < 4.78 is 33.9. The maximum atomic E-state index is 12.4. The molecular weight excluding hydrogens is 374 g/mol. The fourth-order valence-corrected chi connectivity index (χ4v) is 2.15. The highest BCUT2D eigenvalue weighted by molar-refractivity contribution is 5.97. The lowest BCUT2D eigenvalue weighted by atomic mass is 10.2. The molecule has 0 fully saturated rings. The minimum atomic E-state index is -3.05. The Bertz CT molecular complexity index is 830. The highest BCUT2D eigenvalue weighted by Gasteiger charge is 2.19. The molecule has 1 atom stereocenters. The third kappa shape index (κ3) is 6.35. The van der Waals surface area contributed by atoms with Crippen LogP contribution in [0.15, 0.2) is 54.6 Å². The number of para-hydroxylation sites is 2. The number of halogens is 2. The molecule has 0 aromatic heterocycles. The lowest BCUT2D eigenvalue weighted by molar-refractivity contribution is -0.148. The van der Waals surface area contributed by atoms with Crippen molar-refractivity contribution in [2.24, 2.45) is 0 Å². The molecule has 2 N–H and O–H groups in total. The van der Waals surface area contributed by atoms with Gasteiger partial charge in [-0.15, -0.1) is 0 Å². The molecule has 0 saturated heterocycles. The summed E-state index contributed by atoms with van der Waals surface area (Å²) in [5.74, 6) is -2.26. The van der Waals surface area contributed by atoms with Gasteiger partial charge in [-0.3, -0.25) is 9.59 Å². The standard InChI is InChI=1S/C19H18F2N2O5/c1-12(22-17(25)13-7-3-2-4-8-13)18(26)27-11-16(24)23-14-9-5-6-10-15(14)28-19(20)21/h2-10,12,19H,11H2,1H3,(H,22,25)(H,23,24)/t12-/m0/s1. The number of anilines is 1. The Morgan fingerprint density at radius 1 is 1.00 bits per heavy atom. The molecule has 2 aromatic rings. The van der Waals surface area contributed by atoms with Crippen molar-refractivity contribution in [3.05, 3.63) is 60.2 Å². The monoisotopic (exact) mass is 392 g/mol. The van der Waals surface area contributed by atoms with E-state index < -0.39 is 37.0 Å². The molecule has 0 bridgehead atoms. The van der Waals surface area contributed by atoms with Crippen LogP contribution in [0.25, 0.3) is 0 Å². The molecule has 28 heavy (non-hydrogen) atoms. The summed E-state index contributed by atoms with van der Waals surface area (Å²) in [6.07, 6.45) is 0. The van der Waals surface area contributed by atoms with Crippen molar-refractivity contribution in [3.8, 4) is 5.75 Å². The maximum Gasteiger partial charge on any atom is 0.387 e. The smallest absolute Gasteiger partial charge is 0.387 e. The van der Waals surface area contributed by atoms with Gasteiger partial charge >= 0.3 is 12.6 Å². The molecule has 0 unspecified atom stereocenters. The summed E-state index contributed by atoms with van der Waals surface area (Å²) in [5, 5.41) is 4.77. The lowest BCUT2D eigenvalue weighted by Gasteiger charge is -2.14. The summed E-state index contributed by atoms with van der Waals surface area (Å²) in [5.41, 5.74) is 0.379. The quantitative estimate of drug-likeness (QED) is 0.674. The first-order chi connectivity index (χ1) is 13.4. The Morgan fingerprint density at radius 2 is 1.64 bits per heavy atom. The Balaban J connectivity index is 1.84. The van der Waals surface area contributed by atoms with Crippen LogP contribution in [-0.4, -0.2) is 37.0 Å². The van der Waals surface area contributed by atoms with Gasteiger partial charge in [0.1, 0.15) is 11.8 Å². The number of amides is 2. The van der Waals surface area contributed by atoms with E-state index in [0.717, 1.165) is 0 Å². The SMILES string of the molecule is C[C@H](NC(=O)c1ccccc1)C(=O)OCC(=O)Nc1ccccc1OC(F)F.